The van der Waals surface area contributed by atoms with E-state index in [1.165, 1.54) is 0 Å². The third-order valence-corrected chi connectivity index (χ3v) is 0. The molecule has 0 aromatic heterocycles. The molecule has 0 rings (SSSR count). The van der Waals surface area contributed by atoms with Gasteiger partial charge in [0.2, 0.25) is 0 Å². The summed E-state index contributed by atoms with van der Waals surface area (Å²) in [6, 6.07) is 0. The van der Waals surface area contributed by atoms with Crippen LogP contribution in [-0.4, -0.2) is 57.1 Å². The minimum Gasteiger partial charge on any atom is -1.00 e. The summed E-state index contributed by atoms with van der Waals surface area (Å²) >= 11 is 0. The molecule has 48 valence electrons. The van der Waals surface area contributed by atoms with Crippen molar-refractivity contribution in [3.8, 4) is 0 Å². The van der Waals surface area contributed by atoms with E-state index in [0.717, 1.165) is 0 Å². The fourth-order valence-corrected chi connectivity index (χ4v) is 0. The Bertz CT molecular complexity index is 12.0. The van der Waals surface area contributed by atoms with Gasteiger partial charge in [-0.1, -0.05) is 0 Å². The number of halogens is 4. The molecule has 0 aliphatic heterocycles. The van der Waals surface area contributed by atoms with Crippen molar-refractivity contribution in [2.24, 2.45) is 0 Å². The van der Waals surface area contributed by atoms with Gasteiger partial charge < -0.3 is 60.6 Å². The number of hydrogen-bond acceptors (Lipinski definition) is 0. The molecule has 0 fully saturated rings. The number of rotatable bonds is 0. The average Bonchev–Trinajstić information content (AvgIpc) is 0. The second-order valence-corrected chi connectivity index (χ2v) is 0. The quantitative estimate of drug-likeness (QED) is 0.368. The van der Waals surface area contributed by atoms with E-state index in [0.29, 0.717) is 0 Å². The maximum atomic E-state index is 0. The molecule has 2 nitrogen and oxygen atoms in total. The van der Waals surface area contributed by atoms with Crippen molar-refractivity contribution in [1.29, 1.82) is 0 Å². The van der Waals surface area contributed by atoms with Gasteiger partial charge >= 0.3 is 46.1 Å². The molecule has 0 spiro atoms. The van der Waals surface area contributed by atoms with E-state index in [1.807, 2.05) is 0 Å². The van der Waals surface area contributed by atoms with Gasteiger partial charge in [0.05, 0.1) is 0 Å². The maximum Gasteiger partial charge on any atom is 2.00 e. The first-order valence-corrected chi connectivity index (χ1v) is 0. The standard InChI is InChI=1S/4ClH.2Mg.2H2O/h4*1H;;;2*1H2/q;;;;2*+2;;/p-4. The zero-order valence-corrected chi connectivity index (χ0v) is 9.78. The summed E-state index contributed by atoms with van der Waals surface area (Å²) in [7, 11) is 0. The van der Waals surface area contributed by atoms with Gasteiger partial charge in [0.1, 0.15) is 0 Å². The van der Waals surface area contributed by atoms with Gasteiger partial charge in [0.25, 0.3) is 0 Å². The van der Waals surface area contributed by atoms with E-state index < -0.39 is 0 Å². The Labute approximate surface area is 105 Å². The second kappa shape index (κ2) is 104. The van der Waals surface area contributed by atoms with Crippen LogP contribution in [0.15, 0.2) is 0 Å². The Morgan fingerprint density at radius 2 is 0.375 bits per heavy atom. The molecule has 0 bridgehead atoms. The first kappa shape index (κ1) is 144. The summed E-state index contributed by atoms with van der Waals surface area (Å²) in [6.45, 7) is 0. The molecule has 0 saturated carbocycles. The molecule has 0 aromatic carbocycles. The number of hydrogen-bond donors (Lipinski definition) is 0. The molecule has 0 aliphatic rings. The van der Waals surface area contributed by atoms with Crippen LogP contribution in [0.2, 0.25) is 0 Å². The van der Waals surface area contributed by atoms with Crippen molar-refractivity contribution in [3.63, 3.8) is 0 Å². The van der Waals surface area contributed by atoms with Crippen LogP contribution in [0.1, 0.15) is 0 Å². The molecular formula is H4Cl4Mg2O2. The second-order valence-electron chi connectivity index (χ2n) is 0. The van der Waals surface area contributed by atoms with Crippen molar-refractivity contribution in [2.75, 3.05) is 0 Å². The molecule has 8 heavy (non-hydrogen) atoms. The van der Waals surface area contributed by atoms with Crippen LogP contribution >= 0.6 is 0 Å². The third-order valence-electron chi connectivity index (χ3n) is 0. The van der Waals surface area contributed by atoms with Gasteiger partial charge in [0, 0.05) is 0 Å². The fraction of sp³-hybridized carbons (Fsp3) is 0. The molecule has 0 heterocycles. The summed E-state index contributed by atoms with van der Waals surface area (Å²) in [4.78, 5) is 0. The predicted octanol–water partition coefficient (Wildman–Crippen LogP) is -14.4. The topological polar surface area (TPSA) is 63.0 Å². The van der Waals surface area contributed by atoms with Crippen LogP contribution in [0.25, 0.3) is 0 Å². The van der Waals surface area contributed by atoms with Crippen LogP contribution in [0.3, 0.4) is 0 Å². The summed E-state index contributed by atoms with van der Waals surface area (Å²) in [5, 5.41) is 0. The van der Waals surface area contributed by atoms with Crippen LogP contribution in [0, 0.1) is 0 Å². The van der Waals surface area contributed by atoms with Crippen molar-refractivity contribution < 1.29 is 60.6 Å². The van der Waals surface area contributed by atoms with Crippen LogP contribution in [0.4, 0.5) is 0 Å². The van der Waals surface area contributed by atoms with Gasteiger partial charge in [0.15, 0.2) is 0 Å². The van der Waals surface area contributed by atoms with Crippen molar-refractivity contribution in [2.45, 2.75) is 0 Å². The van der Waals surface area contributed by atoms with Gasteiger partial charge in [-0.3, -0.25) is 0 Å². The van der Waals surface area contributed by atoms with Crippen LogP contribution in [0.5, 0.6) is 0 Å². The third kappa shape index (κ3) is 73.1. The molecule has 0 saturated heterocycles. The molecule has 0 aromatic rings. The molecule has 0 atom stereocenters. The Hall–Kier alpha value is 2.61. The summed E-state index contributed by atoms with van der Waals surface area (Å²) < 4.78 is 0. The Kier molecular flexibility index (Phi) is 1880. The minimum atomic E-state index is 0. The summed E-state index contributed by atoms with van der Waals surface area (Å²) in [6.07, 6.45) is 0. The van der Waals surface area contributed by atoms with Crippen molar-refractivity contribution >= 4 is 46.1 Å². The molecule has 4 N–H and O–H groups in total. The van der Waals surface area contributed by atoms with Gasteiger partial charge in [-0.05, 0) is 0 Å². The average molecular weight is 226 g/mol. The maximum absolute atomic E-state index is 0. The monoisotopic (exact) mass is 224 g/mol. The van der Waals surface area contributed by atoms with Gasteiger partial charge in [-0.15, -0.1) is 0 Å². The minimum absolute atomic E-state index is 0. The Morgan fingerprint density at radius 3 is 0.375 bits per heavy atom. The molecule has 0 amide bonds. The molecule has 0 unspecified atom stereocenters. The normalized spacial score (nSPS) is 0. The van der Waals surface area contributed by atoms with E-state index in [-0.39, 0.29) is 107 Å². The summed E-state index contributed by atoms with van der Waals surface area (Å²) in [5.41, 5.74) is 0. The van der Waals surface area contributed by atoms with E-state index in [1.54, 1.807) is 0 Å². The van der Waals surface area contributed by atoms with Crippen LogP contribution < -0.4 is 49.6 Å². The smallest absolute Gasteiger partial charge is 1.00 e. The van der Waals surface area contributed by atoms with E-state index >= 15 is 0 Å². The molecule has 0 aliphatic carbocycles. The Balaban J connectivity index is 0. The SMILES string of the molecule is O.O.[Cl-].[Cl-].[Cl-].[Cl-].[Mg+2].[Mg+2]. The van der Waals surface area contributed by atoms with Gasteiger partial charge in [-0.25, -0.2) is 0 Å². The zero-order chi connectivity index (χ0) is 0. The van der Waals surface area contributed by atoms with Crippen molar-refractivity contribution in [1.82, 2.24) is 0 Å². The largest absolute Gasteiger partial charge is 2.00 e. The van der Waals surface area contributed by atoms with Crippen LogP contribution in [-0.2, 0) is 0 Å². The Morgan fingerprint density at radius 1 is 0.375 bits per heavy atom. The van der Waals surface area contributed by atoms with E-state index in [4.69, 9.17) is 0 Å². The van der Waals surface area contributed by atoms with Crippen molar-refractivity contribution in [3.05, 3.63) is 0 Å². The summed E-state index contributed by atoms with van der Waals surface area (Å²) in [5.74, 6) is 0. The zero-order valence-electron chi connectivity index (χ0n) is 3.93. The van der Waals surface area contributed by atoms with E-state index in [2.05, 4.69) is 0 Å². The van der Waals surface area contributed by atoms with Gasteiger partial charge in [-0.2, -0.15) is 0 Å². The molecular weight excluding hydrogens is 222 g/mol. The first-order valence-electron chi connectivity index (χ1n) is 0. The molecule has 0 radical (unpaired) electrons. The predicted molar refractivity (Wildman–Crippen MR) is 18.7 cm³/mol. The molecule has 8 heteroatoms. The first-order chi connectivity index (χ1) is 0. The van der Waals surface area contributed by atoms with E-state index in [9.17, 15) is 0 Å². The fourth-order valence-electron chi connectivity index (χ4n) is 0.